The third kappa shape index (κ3) is 3.84. The van der Waals surface area contributed by atoms with Crippen LogP contribution in [-0.2, 0) is 22.2 Å². The Morgan fingerprint density at radius 3 is 2.36 bits per heavy atom. The molecule has 1 saturated heterocycles. The molecule has 0 aromatic heterocycles. The first kappa shape index (κ1) is 16.9. The van der Waals surface area contributed by atoms with Gasteiger partial charge in [-0.05, 0) is 25.0 Å². The zero-order chi connectivity index (χ0) is 16.4. The molecule has 0 atom stereocenters. The molecule has 0 amide bonds. The zero-order valence-electron chi connectivity index (χ0n) is 13.0. The maximum Gasteiger partial charge on any atom is 0.276 e. The monoisotopic (exact) mass is 322 g/mol. The second-order valence-electron chi connectivity index (χ2n) is 6.11. The molecule has 0 radical (unpaired) electrons. The molecular formula is C15H22N4O2S. The number of benzene rings is 1. The van der Waals surface area contributed by atoms with Gasteiger partial charge in [-0.15, -0.1) is 0 Å². The van der Waals surface area contributed by atoms with Crippen LogP contribution in [0.15, 0.2) is 24.3 Å². The van der Waals surface area contributed by atoms with Crippen molar-refractivity contribution < 1.29 is 8.42 Å². The van der Waals surface area contributed by atoms with Gasteiger partial charge in [0, 0.05) is 32.7 Å². The highest BCUT2D eigenvalue weighted by Gasteiger charge is 2.26. The normalized spacial score (nSPS) is 18.1. The molecule has 1 heterocycles. The summed E-state index contributed by atoms with van der Waals surface area (Å²) in [4.78, 5) is 2.19. The van der Waals surface area contributed by atoms with Crippen molar-refractivity contribution in [3.8, 4) is 6.07 Å². The lowest BCUT2D eigenvalue weighted by atomic mass is 9.83. The summed E-state index contributed by atoms with van der Waals surface area (Å²) in [5.41, 5.74) is 1.59. The van der Waals surface area contributed by atoms with Crippen LogP contribution in [0.5, 0.6) is 0 Å². The number of piperazine rings is 1. The number of nitrogens with zero attached hydrogens (tertiary/aromatic N) is 3. The summed E-state index contributed by atoms with van der Waals surface area (Å²) in [6, 6.07) is 10.3. The van der Waals surface area contributed by atoms with Crippen molar-refractivity contribution in [2.45, 2.75) is 25.8 Å². The van der Waals surface area contributed by atoms with Crippen LogP contribution in [0.3, 0.4) is 0 Å². The number of nitriles is 1. The summed E-state index contributed by atoms with van der Waals surface area (Å²) in [5, 5.41) is 14.5. The van der Waals surface area contributed by atoms with Gasteiger partial charge >= 0.3 is 0 Å². The second-order valence-corrected chi connectivity index (χ2v) is 7.66. The highest BCUT2D eigenvalue weighted by atomic mass is 32.2. The fourth-order valence-corrected chi connectivity index (χ4v) is 3.38. The van der Waals surface area contributed by atoms with Crippen molar-refractivity contribution >= 4 is 10.2 Å². The molecule has 2 N–H and O–H groups in total. The Morgan fingerprint density at radius 1 is 1.23 bits per heavy atom. The predicted octanol–water partition coefficient (Wildman–Crippen LogP) is 0.809. The van der Waals surface area contributed by atoms with E-state index < -0.39 is 15.6 Å². The fraction of sp³-hybridized carbons (Fsp3) is 0.533. The molecule has 0 aliphatic carbocycles. The third-order valence-electron chi connectivity index (χ3n) is 4.06. The van der Waals surface area contributed by atoms with Gasteiger partial charge in [0.25, 0.3) is 10.2 Å². The Balaban J connectivity index is 2.09. The van der Waals surface area contributed by atoms with E-state index >= 15 is 0 Å². The van der Waals surface area contributed by atoms with Crippen LogP contribution in [0.25, 0.3) is 0 Å². The van der Waals surface area contributed by atoms with E-state index in [0.717, 1.165) is 11.1 Å². The maximum atomic E-state index is 11.3. The minimum Gasteiger partial charge on any atom is -0.296 e. The van der Waals surface area contributed by atoms with E-state index in [0.29, 0.717) is 32.7 Å². The average molecular weight is 322 g/mol. The average Bonchev–Trinajstić information content (AvgIpc) is 2.47. The summed E-state index contributed by atoms with van der Waals surface area (Å²) >= 11 is 0. The highest BCUT2D eigenvalue weighted by Crippen LogP contribution is 2.26. The van der Waals surface area contributed by atoms with E-state index in [4.69, 9.17) is 5.14 Å². The van der Waals surface area contributed by atoms with Gasteiger partial charge in [-0.2, -0.15) is 18.0 Å². The Hall–Kier alpha value is -1.46. The van der Waals surface area contributed by atoms with Crippen molar-refractivity contribution in [3.63, 3.8) is 0 Å². The van der Waals surface area contributed by atoms with E-state index in [1.54, 1.807) is 0 Å². The molecule has 1 aliphatic heterocycles. The lowest BCUT2D eigenvalue weighted by Gasteiger charge is -2.33. The Labute approximate surface area is 132 Å². The van der Waals surface area contributed by atoms with Gasteiger partial charge in [-0.3, -0.25) is 4.90 Å². The molecule has 1 aromatic rings. The molecule has 1 aliphatic rings. The molecule has 0 spiro atoms. The van der Waals surface area contributed by atoms with Gasteiger partial charge in [0.1, 0.15) is 0 Å². The fourth-order valence-electron chi connectivity index (χ4n) is 2.71. The van der Waals surface area contributed by atoms with Crippen LogP contribution < -0.4 is 5.14 Å². The molecule has 1 fully saturated rings. The van der Waals surface area contributed by atoms with Crippen molar-refractivity contribution in [1.29, 1.82) is 5.26 Å². The number of hydrogen-bond acceptors (Lipinski definition) is 4. The summed E-state index contributed by atoms with van der Waals surface area (Å²) in [5.74, 6) is 0. The van der Waals surface area contributed by atoms with Crippen molar-refractivity contribution in [2.24, 2.45) is 5.14 Å². The number of hydrogen-bond donors (Lipinski definition) is 1. The van der Waals surface area contributed by atoms with Crippen molar-refractivity contribution in [2.75, 3.05) is 26.2 Å². The molecule has 1 aromatic carbocycles. The van der Waals surface area contributed by atoms with E-state index in [1.807, 2.05) is 38.1 Å². The lowest BCUT2D eigenvalue weighted by Crippen LogP contribution is -2.50. The first-order valence-electron chi connectivity index (χ1n) is 7.24. The first-order valence-corrected chi connectivity index (χ1v) is 8.74. The molecule has 0 bridgehead atoms. The number of nitrogens with two attached hydrogens (primary N) is 1. The van der Waals surface area contributed by atoms with Crippen LogP contribution >= 0.6 is 0 Å². The van der Waals surface area contributed by atoms with Crippen LogP contribution in [-0.4, -0.2) is 43.8 Å². The molecular weight excluding hydrogens is 300 g/mol. The van der Waals surface area contributed by atoms with E-state index in [1.165, 1.54) is 4.31 Å². The van der Waals surface area contributed by atoms with Crippen LogP contribution in [0.1, 0.15) is 25.0 Å². The third-order valence-corrected chi connectivity index (χ3v) is 5.14. The summed E-state index contributed by atoms with van der Waals surface area (Å²) in [6.45, 7) is 6.61. The van der Waals surface area contributed by atoms with Gasteiger partial charge in [-0.1, -0.05) is 24.3 Å². The van der Waals surface area contributed by atoms with Gasteiger partial charge in [0.15, 0.2) is 0 Å². The largest absolute Gasteiger partial charge is 0.296 e. The summed E-state index contributed by atoms with van der Waals surface area (Å²) < 4.78 is 23.9. The van der Waals surface area contributed by atoms with Crippen molar-refractivity contribution in [3.05, 3.63) is 35.4 Å². The Bertz CT molecular complexity index is 671. The van der Waals surface area contributed by atoms with E-state index in [-0.39, 0.29) is 0 Å². The SMILES string of the molecule is CC(C)(C#N)c1ccccc1CN1CCN(S(N)(=O)=O)CC1. The number of rotatable bonds is 4. The Morgan fingerprint density at radius 2 is 1.82 bits per heavy atom. The molecule has 0 unspecified atom stereocenters. The lowest BCUT2D eigenvalue weighted by molar-refractivity contribution is 0.181. The Kier molecular flexibility index (Phi) is 4.87. The molecule has 2 rings (SSSR count). The second kappa shape index (κ2) is 6.34. The first-order chi connectivity index (χ1) is 10.2. The van der Waals surface area contributed by atoms with Gasteiger partial charge in [0.2, 0.25) is 0 Å². The molecule has 120 valence electrons. The van der Waals surface area contributed by atoms with Crippen LogP contribution in [0, 0.1) is 11.3 Å². The smallest absolute Gasteiger partial charge is 0.276 e. The quantitative estimate of drug-likeness (QED) is 0.888. The molecule has 0 saturated carbocycles. The van der Waals surface area contributed by atoms with Gasteiger partial charge < -0.3 is 0 Å². The molecule has 7 heteroatoms. The van der Waals surface area contributed by atoms with Gasteiger partial charge in [-0.25, -0.2) is 5.14 Å². The van der Waals surface area contributed by atoms with E-state index in [2.05, 4.69) is 11.0 Å². The predicted molar refractivity (Wildman–Crippen MR) is 85.0 cm³/mol. The maximum absolute atomic E-state index is 11.3. The highest BCUT2D eigenvalue weighted by molar-refractivity contribution is 7.86. The van der Waals surface area contributed by atoms with Crippen molar-refractivity contribution in [1.82, 2.24) is 9.21 Å². The van der Waals surface area contributed by atoms with Crippen LogP contribution in [0.4, 0.5) is 0 Å². The minimum absolute atomic E-state index is 0.405. The molecule has 6 nitrogen and oxygen atoms in total. The molecule has 22 heavy (non-hydrogen) atoms. The topological polar surface area (TPSA) is 90.4 Å². The van der Waals surface area contributed by atoms with Gasteiger partial charge in [0.05, 0.1) is 11.5 Å². The summed E-state index contributed by atoms with van der Waals surface area (Å²) in [7, 11) is -3.59. The van der Waals surface area contributed by atoms with Crippen LogP contribution in [0.2, 0.25) is 0 Å². The summed E-state index contributed by atoms with van der Waals surface area (Å²) in [6.07, 6.45) is 0. The standard InChI is InChI=1S/C15H22N4O2S/c1-15(2,12-16)14-6-4-3-5-13(14)11-18-7-9-19(10-8-18)22(17,20)21/h3-6H,7-11H2,1-2H3,(H2,17,20,21). The van der Waals surface area contributed by atoms with E-state index in [9.17, 15) is 13.7 Å². The zero-order valence-corrected chi connectivity index (χ0v) is 13.8. The minimum atomic E-state index is -3.59.